The van der Waals surface area contributed by atoms with Crippen LogP contribution in [0.3, 0.4) is 0 Å². The molecule has 0 bridgehead atoms. The first-order valence-corrected chi connectivity index (χ1v) is 22.6. The van der Waals surface area contributed by atoms with E-state index in [9.17, 15) is 0 Å². The van der Waals surface area contributed by atoms with Gasteiger partial charge in [0.1, 0.15) is 0 Å². The molecule has 0 radical (unpaired) electrons. The Hall–Kier alpha value is -8.57. The van der Waals surface area contributed by atoms with Gasteiger partial charge in [0.15, 0.2) is 0 Å². The minimum atomic E-state index is 0.695. The molecule has 0 fully saturated rings. The van der Waals surface area contributed by atoms with Gasteiger partial charge in [0, 0.05) is 68.8 Å². The molecular formula is C62H41ClN4. The molecule has 0 saturated heterocycles. The summed E-state index contributed by atoms with van der Waals surface area (Å²) in [5.41, 5.74) is 20.8. The van der Waals surface area contributed by atoms with E-state index in [-0.39, 0.29) is 0 Å². The van der Waals surface area contributed by atoms with Gasteiger partial charge in [-0.25, -0.2) is 0 Å². The van der Waals surface area contributed by atoms with E-state index in [1.54, 1.807) is 0 Å². The maximum absolute atomic E-state index is 6.18. The van der Waals surface area contributed by atoms with Crippen molar-refractivity contribution in [3.05, 3.63) is 254 Å². The Kier molecular flexibility index (Phi) is 11.4. The van der Waals surface area contributed by atoms with E-state index in [1.165, 1.54) is 0 Å². The van der Waals surface area contributed by atoms with Gasteiger partial charge in [-0.15, -0.1) is 0 Å². The Labute approximate surface area is 395 Å². The van der Waals surface area contributed by atoms with Gasteiger partial charge in [-0.05, 0) is 111 Å². The second-order valence-electron chi connectivity index (χ2n) is 16.4. The van der Waals surface area contributed by atoms with Crippen LogP contribution in [0.4, 0.5) is 0 Å². The van der Waals surface area contributed by atoms with Crippen molar-refractivity contribution < 1.29 is 0 Å². The molecule has 7 aromatic carbocycles. The first-order valence-electron chi connectivity index (χ1n) is 22.3. The van der Waals surface area contributed by atoms with E-state index >= 15 is 0 Å². The number of hydrogen-bond acceptors (Lipinski definition) is 4. The number of hydrogen-bond donors (Lipinski definition) is 0. The first kappa shape index (κ1) is 41.2. The summed E-state index contributed by atoms with van der Waals surface area (Å²) in [6.07, 6.45) is 7.79. The lowest BCUT2D eigenvalue weighted by molar-refractivity contribution is 1.29. The van der Waals surface area contributed by atoms with Gasteiger partial charge in [-0.1, -0.05) is 175 Å². The summed E-state index contributed by atoms with van der Waals surface area (Å²) < 4.78 is 0. The lowest BCUT2D eigenvalue weighted by Crippen LogP contribution is -1.93. The molecule has 0 spiro atoms. The molecule has 5 heteroatoms. The van der Waals surface area contributed by atoms with Crippen LogP contribution in [0.25, 0.3) is 112 Å². The molecule has 0 aliphatic rings. The summed E-state index contributed by atoms with van der Waals surface area (Å²) in [5.74, 6) is 0. The van der Waals surface area contributed by atoms with E-state index in [0.717, 1.165) is 112 Å². The third kappa shape index (κ3) is 8.70. The SMILES string of the molecule is Clc1ccc(-c2cc(-c3ccc(-c4ccccc4-c4cc(-c5ccccc5-c5ccc(-c6ccccc6)nc5)cc(-c5ccccc5-c5ccc(-c6ccccc6)nc5)c4)cn3)ccn2)cc1. The molecule has 67 heavy (non-hydrogen) atoms. The third-order valence-electron chi connectivity index (χ3n) is 12.2. The van der Waals surface area contributed by atoms with Crippen LogP contribution in [0, 0.1) is 0 Å². The van der Waals surface area contributed by atoms with Crippen LogP contribution in [-0.2, 0) is 0 Å². The van der Waals surface area contributed by atoms with Gasteiger partial charge in [0.25, 0.3) is 0 Å². The Morgan fingerprint density at radius 1 is 0.224 bits per heavy atom. The molecule has 0 aliphatic heterocycles. The van der Waals surface area contributed by atoms with Crippen LogP contribution >= 0.6 is 11.6 Å². The topological polar surface area (TPSA) is 51.6 Å². The molecule has 0 aliphatic carbocycles. The molecule has 0 atom stereocenters. The Balaban J connectivity index is 1.02. The monoisotopic (exact) mass is 876 g/mol. The number of rotatable bonds is 10. The normalized spacial score (nSPS) is 11.1. The number of halogens is 1. The van der Waals surface area contributed by atoms with Crippen LogP contribution in [0.2, 0.25) is 5.02 Å². The second kappa shape index (κ2) is 18.5. The number of aromatic nitrogens is 4. The average Bonchev–Trinajstić information content (AvgIpc) is 3.41. The van der Waals surface area contributed by atoms with E-state index in [4.69, 9.17) is 26.6 Å². The number of benzene rings is 7. The van der Waals surface area contributed by atoms with E-state index in [1.807, 2.05) is 91.5 Å². The maximum atomic E-state index is 6.18. The summed E-state index contributed by atoms with van der Waals surface area (Å²) in [6.45, 7) is 0. The second-order valence-corrected chi connectivity index (χ2v) is 16.8. The summed E-state index contributed by atoms with van der Waals surface area (Å²) in [4.78, 5) is 19.5. The average molecular weight is 877 g/mol. The molecule has 4 heterocycles. The standard InChI is InChI=1S/C62H41ClN4/c63-52-28-23-44(24-29-52)62-38-45(33-34-64-62)61-32-27-48(41-67-61)55-19-9-12-22-58(55)51-36-49(56-20-10-7-17-53(56)46-25-30-59(65-39-46)42-13-3-1-4-14-42)35-50(37-51)57-21-11-8-18-54(57)47-26-31-60(66-40-47)43-15-5-2-6-16-43/h1-41H. The predicted molar refractivity (Wildman–Crippen MR) is 277 cm³/mol. The van der Waals surface area contributed by atoms with Gasteiger partial charge in [-0.2, -0.15) is 0 Å². The molecule has 4 nitrogen and oxygen atoms in total. The fraction of sp³-hybridized carbons (Fsp3) is 0. The van der Waals surface area contributed by atoms with Crippen molar-refractivity contribution >= 4 is 11.6 Å². The van der Waals surface area contributed by atoms with E-state index in [2.05, 4.69) is 163 Å². The molecule has 11 rings (SSSR count). The molecule has 0 saturated carbocycles. The highest BCUT2D eigenvalue weighted by molar-refractivity contribution is 6.30. The van der Waals surface area contributed by atoms with Crippen LogP contribution in [0.15, 0.2) is 249 Å². The summed E-state index contributed by atoms with van der Waals surface area (Å²) in [6, 6.07) is 78.1. The van der Waals surface area contributed by atoms with Gasteiger partial charge < -0.3 is 0 Å². The summed E-state index contributed by atoms with van der Waals surface area (Å²) in [7, 11) is 0. The fourth-order valence-corrected chi connectivity index (χ4v) is 8.94. The maximum Gasteiger partial charge on any atom is 0.0708 e. The fourth-order valence-electron chi connectivity index (χ4n) is 8.81. The molecule has 0 N–H and O–H groups in total. The Bertz CT molecular complexity index is 3340. The van der Waals surface area contributed by atoms with E-state index < -0.39 is 0 Å². The zero-order valence-corrected chi connectivity index (χ0v) is 37.1. The van der Waals surface area contributed by atoms with Crippen molar-refractivity contribution in [3.8, 4) is 112 Å². The number of nitrogens with zero attached hydrogens (tertiary/aromatic N) is 4. The van der Waals surface area contributed by atoms with Crippen molar-refractivity contribution in [2.45, 2.75) is 0 Å². The predicted octanol–water partition coefficient (Wildman–Crippen LogP) is 16.6. The van der Waals surface area contributed by atoms with E-state index in [0.29, 0.717) is 5.02 Å². The summed E-state index contributed by atoms with van der Waals surface area (Å²) >= 11 is 6.18. The van der Waals surface area contributed by atoms with Crippen molar-refractivity contribution in [2.75, 3.05) is 0 Å². The highest BCUT2D eigenvalue weighted by atomic mass is 35.5. The van der Waals surface area contributed by atoms with Crippen LogP contribution < -0.4 is 0 Å². The Morgan fingerprint density at radius 3 is 0.925 bits per heavy atom. The first-order chi connectivity index (χ1) is 33.1. The van der Waals surface area contributed by atoms with Gasteiger partial charge in [0.05, 0.1) is 22.8 Å². The van der Waals surface area contributed by atoms with Crippen molar-refractivity contribution in [2.24, 2.45) is 0 Å². The molecule has 0 amide bonds. The van der Waals surface area contributed by atoms with Gasteiger partial charge in [-0.3, -0.25) is 19.9 Å². The van der Waals surface area contributed by atoms with Crippen LogP contribution in [-0.4, -0.2) is 19.9 Å². The zero-order chi connectivity index (χ0) is 44.9. The molecular weight excluding hydrogens is 836 g/mol. The smallest absolute Gasteiger partial charge is 0.0708 e. The molecule has 316 valence electrons. The lowest BCUT2D eigenvalue weighted by atomic mass is 9.86. The Morgan fingerprint density at radius 2 is 0.552 bits per heavy atom. The highest BCUT2D eigenvalue weighted by Crippen LogP contribution is 2.42. The van der Waals surface area contributed by atoms with Crippen molar-refractivity contribution in [1.82, 2.24) is 19.9 Å². The molecule has 11 aromatic rings. The highest BCUT2D eigenvalue weighted by Gasteiger charge is 2.17. The van der Waals surface area contributed by atoms with Gasteiger partial charge >= 0.3 is 0 Å². The number of pyridine rings is 4. The van der Waals surface area contributed by atoms with Gasteiger partial charge in [0.2, 0.25) is 0 Å². The zero-order valence-electron chi connectivity index (χ0n) is 36.3. The molecule has 4 aromatic heterocycles. The lowest BCUT2D eigenvalue weighted by Gasteiger charge is -2.18. The summed E-state index contributed by atoms with van der Waals surface area (Å²) in [5, 5.41) is 0.695. The van der Waals surface area contributed by atoms with Crippen LogP contribution in [0.1, 0.15) is 0 Å². The minimum absolute atomic E-state index is 0.695. The van der Waals surface area contributed by atoms with Crippen LogP contribution in [0.5, 0.6) is 0 Å². The van der Waals surface area contributed by atoms with Crippen molar-refractivity contribution in [3.63, 3.8) is 0 Å². The largest absolute Gasteiger partial charge is 0.256 e. The minimum Gasteiger partial charge on any atom is -0.256 e. The molecule has 0 unspecified atom stereocenters. The van der Waals surface area contributed by atoms with Crippen molar-refractivity contribution in [1.29, 1.82) is 0 Å². The quantitative estimate of drug-likeness (QED) is 0.137. The third-order valence-corrected chi connectivity index (χ3v) is 12.5.